The second-order valence-electron chi connectivity index (χ2n) is 3.64. The largest absolute Gasteiger partial charge is 0.387 e. The first-order valence-electron chi connectivity index (χ1n) is 4.97. The molecule has 1 heterocycles. The summed E-state index contributed by atoms with van der Waals surface area (Å²) in [5.74, 6) is 0. The summed E-state index contributed by atoms with van der Waals surface area (Å²) >= 11 is 3.39. The predicted molar refractivity (Wildman–Crippen MR) is 63.9 cm³/mol. The van der Waals surface area contributed by atoms with Gasteiger partial charge in [-0.05, 0) is 24.6 Å². The normalized spacial score (nSPS) is 12.7. The average Bonchev–Trinajstić information content (AvgIpc) is 2.70. The highest BCUT2D eigenvalue weighted by molar-refractivity contribution is 9.10. The van der Waals surface area contributed by atoms with Gasteiger partial charge >= 0.3 is 0 Å². The number of benzene rings is 1. The molecule has 0 aliphatic rings. The molecule has 0 radical (unpaired) electrons. The maximum atomic E-state index is 9.32. The molecule has 0 aliphatic heterocycles. The number of rotatable bonds is 3. The number of aliphatic hydroxyl groups is 1. The van der Waals surface area contributed by atoms with Crippen LogP contribution in [-0.2, 0) is 6.54 Å². The van der Waals surface area contributed by atoms with Crippen LogP contribution in [0.4, 0.5) is 0 Å². The van der Waals surface area contributed by atoms with Crippen LogP contribution in [-0.4, -0.2) is 20.1 Å². The molecule has 1 aromatic carbocycles. The lowest BCUT2D eigenvalue weighted by Crippen LogP contribution is -2.00. The van der Waals surface area contributed by atoms with Gasteiger partial charge in [-0.1, -0.05) is 33.3 Å². The van der Waals surface area contributed by atoms with Crippen molar-refractivity contribution >= 4 is 15.9 Å². The molecule has 0 saturated carbocycles. The third-order valence-electron chi connectivity index (χ3n) is 2.24. The molecule has 0 bridgehead atoms. The zero-order valence-electron chi connectivity index (χ0n) is 8.84. The number of halogens is 1. The molecule has 0 aliphatic carbocycles. The summed E-state index contributed by atoms with van der Waals surface area (Å²) in [6.45, 7) is 2.33. The van der Waals surface area contributed by atoms with Gasteiger partial charge in [0.25, 0.3) is 0 Å². The van der Waals surface area contributed by atoms with Crippen LogP contribution >= 0.6 is 15.9 Å². The smallest absolute Gasteiger partial charge is 0.111 e. The predicted octanol–water partition coefficient (Wildman–Crippen LogP) is 2.14. The molecule has 5 heteroatoms. The minimum Gasteiger partial charge on any atom is -0.387 e. The average molecular weight is 282 g/mol. The molecule has 2 aromatic rings. The van der Waals surface area contributed by atoms with Crippen molar-refractivity contribution < 1.29 is 5.11 Å². The monoisotopic (exact) mass is 281 g/mol. The Bertz CT molecular complexity index is 464. The van der Waals surface area contributed by atoms with Gasteiger partial charge < -0.3 is 5.11 Å². The maximum Gasteiger partial charge on any atom is 0.111 e. The van der Waals surface area contributed by atoms with Crippen LogP contribution in [0.2, 0.25) is 0 Å². The van der Waals surface area contributed by atoms with Gasteiger partial charge in [0.1, 0.15) is 5.69 Å². The minimum atomic E-state index is -0.571. The van der Waals surface area contributed by atoms with E-state index in [1.807, 2.05) is 24.3 Å². The van der Waals surface area contributed by atoms with Gasteiger partial charge in [-0.2, -0.15) is 0 Å². The Labute approximate surface area is 102 Å². The summed E-state index contributed by atoms with van der Waals surface area (Å²) in [6.07, 6.45) is 1.19. The van der Waals surface area contributed by atoms with Crippen LogP contribution in [0.25, 0.3) is 0 Å². The highest BCUT2D eigenvalue weighted by Gasteiger charge is 2.06. The lowest BCUT2D eigenvalue weighted by Gasteiger charge is -2.00. The molecule has 84 valence electrons. The Morgan fingerprint density at radius 2 is 2.06 bits per heavy atom. The van der Waals surface area contributed by atoms with Gasteiger partial charge in [-0.25, -0.2) is 4.68 Å². The van der Waals surface area contributed by atoms with E-state index in [0.29, 0.717) is 12.2 Å². The molecule has 0 saturated heterocycles. The van der Waals surface area contributed by atoms with Crippen LogP contribution in [0.1, 0.15) is 24.3 Å². The van der Waals surface area contributed by atoms with E-state index in [1.165, 1.54) is 0 Å². The molecule has 0 fully saturated rings. The zero-order chi connectivity index (χ0) is 11.5. The fourth-order valence-corrected chi connectivity index (χ4v) is 1.62. The SMILES string of the molecule is CC(O)c1cn(Cc2ccc(Br)cc2)nn1. The summed E-state index contributed by atoms with van der Waals surface area (Å²) in [4.78, 5) is 0. The van der Waals surface area contributed by atoms with Crippen LogP contribution in [0.5, 0.6) is 0 Å². The van der Waals surface area contributed by atoms with E-state index in [4.69, 9.17) is 0 Å². The van der Waals surface area contributed by atoms with Crippen molar-refractivity contribution in [1.82, 2.24) is 15.0 Å². The van der Waals surface area contributed by atoms with Crippen molar-refractivity contribution in [2.75, 3.05) is 0 Å². The molecule has 0 spiro atoms. The molecule has 1 unspecified atom stereocenters. The second kappa shape index (κ2) is 4.76. The van der Waals surface area contributed by atoms with Crippen LogP contribution in [0, 0.1) is 0 Å². The summed E-state index contributed by atoms with van der Waals surface area (Å²) in [7, 11) is 0. The number of aromatic nitrogens is 3. The van der Waals surface area contributed by atoms with Gasteiger partial charge in [0.2, 0.25) is 0 Å². The standard InChI is InChI=1S/C11H12BrN3O/c1-8(16)11-7-15(14-13-11)6-9-2-4-10(12)5-3-9/h2-5,7-8,16H,6H2,1H3. The third-order valence-corrected chi connectivity index (χ3v) is 2.77. The quantitative estimate of drug-likeness (QED) is 0.938. The Kier molecular flexibility index (Phi) is 3.36. The third kappa shape index (κ3) is 2.68. The molecular weight excluding hydrogens is 270 g/mol. The molecule has 1 aromatic heterocycles. The lowest BCUT2D eigenvalue weighted by atomic mass is 10.2. The first kappa shape index (κ1) is 11.3. The first-order chi connectivity index (χ1) is 7.65. The van der Waals surface area contributed by atoms with E-state index >= 15 is 0 Å². The molecule has 2 rings (SSSR count). The summed E-state index contributed by atoms with van der Waals surface area (Å²) < 4.78 is 2.77. The van der Waals surface area contributed by atoms with E-state index in [2.05, 4.69) is 26.2 Å². The van der Waals surface area contributed by atoms with Crippen LogP contribution in [0.15, 0.2) is 34.9 Å². The highest BCUT2D eigenvalue weighted by Crippen LogP contribution is 2.12. The number of nitrogens with zero attached hydrogens (tertiary/aromatic N) is 3. The van der Waals surface area contributed by atoms with Crippen LogP contribution in [0.3, 0.4) is 0 Å². The fraction of sp³-hybridized carbons (Fsp3) is 0.273. The molecule has 1 atom stereocenters. The maximum absolute atomic E-state index is 9.32. The summed E-state index contributed by atoms with van der Waals surface area (Å²) in [5.41, 5.74) is 1.74. The van der Waals surface area contributed by atoms with Gasteiger partial charge in [-0.3, -0.25) is 0 Å². The van der Waals surface area contributed by atoms with Gasteiger partial charge in [0.05, 0.1) is 18.8 Å². The topological polar surface area (TPSA) is 50.9 Å². The highest BCUT2D eigenvalue weighted by atomic mass is 79.9. The van der Waals surface area contributed by atoms with Gasteiger partial charge in [0, 0.05) is 4.47 Å². The van der Waals surface area contributed by atoms with Gasteiger partial charge in [0.15, 0.2) is 0 Å². The molecule has 0 amide bonds. The van der Waals surface area contributed by atoms with E-state index in [9.17, 15) is 5.11 Å². The summed E-state index contributed by atoms with van der Waals surface area (Å²) in [6, 6.07) is 8.02. The zero-order valence-corrected chi connectivity index (χ0v) is 10.4. The van der Waals surface area contributed by atoms with Gasteiger partial charge in [-0.15, -0.1) is 5.10 Å². The van der Waals surface area contributed by atoms with Crippen molar-refractivity contribution in [2.24, 2.45) is 0 Å². The lowest BCUT2D eigenvalue weighted by molar-refractivity contribution is 0.194. The van der Waals surface area contributed by atoms with E-state index in [1.54, 1.807) is 17.8 Å². The number of hydrogen-bond donors (Lipinski definition) is 1. The Hall–Kier alpha value is -1.20. The molecule has 1 N–H and O–H groups in total. The van der Waals surface area contributed by atoms with Crippen molar-refractivity contribution in [3.8, 4) is 0 Å². The van der Waals surface area contributed by atoms with E-state index in [-0.39, 0.29) is 0 Å². The molecule has 4 nitrogen and oxygen atoms in total. The Morgan fingerprint density at radius 3 is 2.62 bits per heavy atom. The van der Waals surface area contributed by atoms with Crippen molar-refractivity contribution in [2.45, 2.75) is 19.6 Å². The molecular formula is C11H12BrN3O. The van der Waals surface area contributed by atoms with E-state index in [0.717, 1.165) is 10.0 Å². The van der Waals surface area contributed by atoms with Crippen LogP contribution < -0.4 is 0 Å². The number of aliphatic hydroxyl groups excluding tert-OH is 1. The second-order valence-corrected chi connectivity index (χ2v) is 4.56. The minimum absolute atomic E-state index is 0.571. The van der Waals surface area contributed by atoms with E-state index < -0.39 is 6.10 Å². The van der Waals surface area contributed by atoms with Crippen molar-refractivity contribution in [1.29, 1.82) is 0 Å². The Morgan fingerprint density at radius 1 is 1.38 bits per heavy atom. The Balaban J connectivity index is 2.11. The first-order valence-corrected chi connectivity index (χ1v) is 5.77. The summed E-state index contributed by atoms with van der Waals surface area (Å²) in [5, 5.41) is 17.2. The van der Waals surface area contributed by atoms with Crippen molar-refractivity contribution in [3.05, 3.63) is 46.2 Å². The van der Waals surface area contributed by atoms with Crippen molar-refractivity contribution in [3.63, 3.8) is 0 Å². The fourth-order valence-electron chi connectivity index (χ4n) is 1.36. The molecule has 16 heavy (non-hydrogen) atoms. The number of hydrogen-bond acceptors (Lipinski definition) is 3.